The standard InChI is InChI=1S/C17H25NO7S/c1-17(2,3)25-16(21)18(26(4,22)23)13-8-7-12(15(19)20)9-14(13)24-10-11-5-6-11/h8-9,11-12H,5-7,10H2,1-4H3,(H,19,20). The Morgan fingerprint density at radius 1 is 1.31 bits per heavy atom. The predicted octanol–water partition coefficient (Wildman–Crippen LogP) is 2.48. The van der Waals surface area contributed by atoms with Crippen molar-refractivity contribution in [3.8, 4) is 0 Å². The fourth-order valence-corrected chi connectivity index (χ4v) is 3.19. The third kappa shape index (κ3) is 5.48. The van der Waals surface area contributed by atoms with E-state index in [1.165, 1.54) is 12.2 Å². The minimum absolute atomic E-state index is 0.0000926. The maximum Gasteiger partial charge on any atom is 0.428 e. The highest BCUT2D eigenvalue weighted by Gasteiger charge is 2.37. The number of nitrogens with zero attached hydrogens (tertiary/aromatic N) is 1. The van der Waals surface area contributed by atoms with Gasteiger partial charge in [-0.15, -0.1) is 0 Å². The number of carbonyl (C=O) groups excluding carboxylic acids is 1. The van der Waals surface area contributed by atoms with Crippen molar-refractivity contribution in [3.05, 3.63) is 23.6 Å². The van der Waals surface area contributed by atoms with E-state index >= 15 is 0 Å². The Morgan fingerprint density at radius 2 is 1.92 bits per heavy atom. The van der Waals surface area contributed by atoms with E-state index in [1.54, 1.807) is 20.8 Å². The second-order valence-electron chi connectivity index (χ2n) is 7.56. The predicted molar refractivity (Wildman–Crippen MR) is 93.5 cm³/mol. The first-order valence-electron chi connectivity index (χ1n) is 8.39. The summed E-state index contributed by atoms with van der Waals surface area (Å²) in [7, 11) is -4.01. The lowest BCUT2D eigenvalue weighted by Gasteiger charge is -2.30. The smallest absolute Gasteiger partial charge is 0.428 e. The van der Waals surface area contributed by atoms with Crippen molar-refractivity contribution >= 4 is 22.1 Å². The van der Waals surface area contributed by atoms with Crippen LogP contribution >= 0.6 is 0 Å². The maximum atomic E-state index is 12.5. The van der Waals surface area contributed by atoms with Crippen molar-refractivity contribution < 1.29 is 32.6 Å². The molecular weight excluding hydrogens is 362 g/mol. The summed E-state index contributed by atoms with van der Waals surface area (Å²) in [5.41, 5.74) is -0.891. The largest absolute Gasteiger partial charge is 0.491 e. The molecule has 1 fully saturated rings. The minimum Gasteiger partial charge on any atom is -0.491 e. The van der Waals surface area contributed by atoms with Crippen LogP contribution in [0.5, 0.6) is 0 Å². The maximum absolute atomic E-state index is 12.5. The highest BCUT2D eigenvalue weighted by atomic mass is 32.2. The molecule has 1 unspecified atom stereocenters. The van der Waals surface area contributed by atoms with Crippen LogP contribution in [0, 0.1) is 11.8 Å². The molecule has 0 aromatic heterocycles. The molecular formula is C17H25NO7S. The van der Waals surface area contributed by atoms with Crippen LogP contribution < -0.4 is 0 Å². The first kappa shape index (κ1) is 20.3. The number of hydrogen-bond donors (Lipinski definition) is 1. The van der Waals surface area contributed by atoms with E-state index in [1.807, 2.05) is 0 Å². The fraction of sp³-hybridized carbons (Fsp3) is 0.647. The van der Waals surface area contributed by atoms with Crippen LogP contribution in [-0.2, 0) is 24.3 Å². The summed E-state index contributed by atoms with van der Waals surface area (Å²) in [6.45, 7) is 5.23. The van der Waals surface area contributed by atoms with Gasteiger partial charge in [0.15, 0.2) is 0 Å². The number of ether oxygens (including phenoxy) is 2. The van der Waals surface area contributed by atoms with Gasteiger partial charge in [-0.2, -0.15) is 4.31 Å². The first-order valence-corrected chi connectivity index (χ1v) is 10.2. The Hall–Kier alpha value is -2.03. The summed E-state index contributed by atoms with van der Waals surface area (Å²) in [4.78, 5) is 23.8. The van der Waals surface area contributed by atoms with Crippen molar-refractivity contribution in [2.45, 2.75) is 45.6 Å². The number of aliphatic carboxylic acids is 1. The average Bonchev–Trinajstić information content (AvgIpc) is 3.26. The van der Waals surface area contributed by atoms with Gasteiger partial charge < -0.3 is 14.6 Å². The third-order valence-electron chi connectivity index (χ3n) is 3.77. The summed E-state index contributed by atoms with van der Waals surface area (Å²) in [5.74, 6) is -1.44. The van der Waals surface area contributed by atoms with Gasteiger partial charge >= 0.3 is 12.1 Å². The van der Waals surface area contributed by atoms with Crippen LogP contribution in [0.25, 0.3) is 0 Å². The molecule has 0 saturated heterocycles. The van der Waals surface area contributed by atoms with E-state index in [2.05, 4.69) is 0 Å². The van der Waals surface area contributed by atoms with Gasteiger partial charge in [0.25, 0.3) is 0 Å². The number of carbonyl (C=O) groups is 2. The normalized spacial score (nSPS) is 20.7. The molecule has 0 aromatic carbocycles. The van der Waals surface area contributed by atoms with E-state index in [0.717, 1.165) is 19.1 Å². The van der Waals surface area contributed by atoms with Crippen molar-refractivity contribution in [3.63, 3.8) is 0 Å². The van der Waals surface area contributed by atoms with Gasteiger partial charge in [-0.1, -0.05) is 6.08 Å². The molecule has 1 amide bonds. The number of carboxylic acids is 1. The Morgan fingerprint density at radius 3 is 2.38 bits per heavy atom. The number of sulfonamides is 1. The highest BCUT2D eigenvalue weighted by Crippen LogP contribution is 2.34. The molecule has 1 N–H and O–H groups in total. The summed E-state index contributed by atoms with van der Waals surface area (Å²) < 4.78 is 35.9. The Balaban J connectivity index is 2.35. The van der Waals surface area contributed by atoms with Gasteiger partial charge in [-0.05, 0) is 52.0 Å². The Kier molecular flexibility index (Phi) is 5.70. The SMILES string of the molecule is CC(C)(C)OC(=O)N(C1=CCC(C(=O)O)C=C1OCC1CC1)S(C)(=O)=O. The molecule has 0 radical (unpaired) electrons. The molecule has 146 valence electrons. The topological polar surface area (TPSA) is 110 Å². The third-order valence-corrected chi connectivity index (χ3v) is 4.78. The summed E-state index contributed by atoms with van der Waals surface area (Å²) in [6, 6.07) is 0. The molecule has 8 nitrogen and oxygen atoms in total. The minimum atomic E-state index is -4.01. The number of allylic oxidation sites excluding steroid dienone is 1. The molecule has 0 bridgehead atoms. The summed E-state index contributed by atoms with van der Waals surface area (Å²) in [6.07, 6.45) is 4.65. The monoisotopic (exact) mass is 387 g/mol. The number of hydrogen-bond acceptors (Lipinski definition) is 6. The molecule has 0 aliphatic heterocycles. The average molecular weight is 387 g/mol. The first-order chi connectivity index (χ1) is 11.9. The van der Waals surface area contributed by atoms with E-state index in [9.17, 15) is 23.1 Å². The molecule has 1 atom stereocenters. The lowest BCUT2D eigenvalue weighted by atomic mass is 9.98. The zero-order valence-corrected chi connectivity index (χ0v) is 16.2. The van der Waals surface area contributed by atoms with E-state index in [4.69, 9.17) is 9.47 Å². The number of rotatable bonds is 6. The van der Waals surface area contributed by atoms with E-state index < -0.39 is 33.6 Å². The van der Waals surface area contributed by atoms with Crippen LogP contribution in [0.2, 0.25) is 0 Å². The van der Waals surface area contributed by atoms with Crippen LogP contribution in [0.1, 0.15) is 40.0 Å². The van der Waals surface area contributed by atoms with Gasteiger partial charge in [0.2, 0.25) is 10.0 Å². The van der Waals surface area contributed by atoms with E-state index in [-0.39, 0.29) is 17.9 Å². The van der Waals surface area contributed by atoms with Crippen LogP contribution in [0.4, 0.5) is 4.79 Å². The second-order valence-corrected chi connectivity index (χ2v) is 9.39. The van der Waals surface area contributed by atoms with Gasteiger partial charge in [0, 0.05) is 0 Å². The molecule has 9 heteroatoms. The zero-order chi connectivity index (χ0) is 19.7. The van der Waals surface area contributed by atoms with E-state index in [0.29, 0.717) is 16.8 Å². The van der Waals surface area contributed by atoms with Gasteiger partial charge in [0.05, 0.1) is 18.8 Å². The molecule has 2 aliphatic carbocycles. The quantitative estimate of drug-likeness (QED) is 0.745. The van der Waals surface area contributed by atoms with Crippen LogP contribution in [0.15, 0.2) is 23.6 Å². The van der Waals surface area contributed by atoms with Crippen molar-refractivity contribution in [2.24, 2.45) is 11.8 Å². The Labute approximate surface area is 153 Å². The summed E-state index contributed by atoms with van der Waals surface area (Å²) >= 11 is 0. The zero-order valence-electron chi connectivity index (χ0n) is 15.4. The van der Waals surface area contributed by atoms with Crippen molar-refractivity contribution in [1.82, 2.24) is 4.31 Å². The molecule has 0 heterocycles. The van der Waals surface area contributed by atoms with Crippen molar-refractivity contribution in [2.75, 3.05) is 12.9 Å². The van der Waals surface area contributed by atoms with Gasteiger partial charge in [-0.3, -0.25) is 4.79 Å². The lowest BCUT2D eigenvalue weighted by Crippen LogP contribution is -2.41. The second kappa shape index (κ2) is 7.30. The van der Waals surface area contributed by atoms with Crippen LogP contribution in [0.3, 0.4) is 0 Å². The summed E-state index contributed by atoms with van der Waals surface area (Å²) in [5, 5.41) is 9.24. The number of carboxylic acid groups (broad SMARTS) is 1. The molecule has 2 aliphatic rings. The molecule has 0 aromatic rings. The van der Waals surface area contributed by atoms with Crippen LogP contribution in [-0.4, -0.2) is 48.4 Å². The van der Waals surface area contributed by atoms with Gasteiger partial charge in [-0.25, -0.2) is 13.2 Å². The molecule has 2 rings (SSSR count). The lowest BCUT2D eigenvalue weighted by molar-refractivity contribution is -0.140. The number of amides is 1. The fourth-order valence-electron chi connectivity index (χ4n) is 2.36. The highest BCUT2D eigenvalue weighted by molar-refractivity contribution is 7.89. The molecule has 26 heavy (non-hydrogen) atoms. The van der Waals surface area contributed by atoms with Gasteiger partial charge in [0.1, 0.15) is 17.1 Å². The van der Waals surface area contributed by atoms with Crippen molar-refractivity contribution in [1.29, 1.82) is 0 Å². The molecule has 1 saturated carbocycles. The Bertz CT molecular complexity index is 742. The molecule has 0 spiro atoms.